The summed E-state index contributed by atoms with van der Waals surface area (Å²) < 4.78 is 25.4. The van der Waals surface area contributed by atoms with Gasteiger partial charge in [-0.2, -0.15) is 0 Å². The van der Waals surface area contributed by atoms with Crippen LogP contribution in [0.25, 0.3) is 0 Å². The van der Waals surface area contributed by atoms with Crippen molar-refractivity contribution in [3.63, 3.8) is 0 Å². The van der Waals surface area contributed by atoms with Crippen LogP contribution in [0.15, 0.2) is 0 Å². The van der Waals surface area contributed by atoms with Gasteiger partial charge in [0.1, 0.15) is 0 Å². The molecule has 0 fully saturated rings. The van der Waals surface area contributed by atoms with Crippen molar-refractivity contribution >= 4 is 39.7 Å². The number of carbonyl (C=O) groups is 1. The molecule has 0 radical (unpaired) electrons. The quantitative estimate of drug-likeness (QED) is 0.168. The van der Waals surface area contributed by atoms with Gasteiger partial charge >= 0.3 is 14.8 Å². The van der Waals surface area contributed by atoms with Crippen LogP contribution < -0.4 is 0 Å². The van der Waals surface area contributed by atoms with Gasteiger partial charge in [-0.25, -0.2) is 0 Å². The van der Waals surface area contributed by atoms with E-state index in [-0.39, 0.29) is 20.8 Å². The van der Waals surface area contributed by atoms with Gasteiger partial charge in [-0.05, 0) is 85.6 Å². The fourth-order valence-electron chi connectivity index (χ4n) is 2.41. The van der Waals surface area contributed by atoms with Gasteiger partial charge < -0.3 is 17.1 Å². The molecule has 0 bridgehead atoms. The molecule has 178 valence electrons. The molecule has 0 aromatic heterocycles. The second kappa shape index (κ2) is 12.3. The Bertz CT molecular complexity index is 436. The Morgan fingerprint density at radius 2 is 1.10 bits per heavy atom. The Balaban J connectivity index is -0.00000338. The van der Waals surface area contributed by atoms with Crippen LogP contribution in [0.4, 0.5) is 0 Å². The molecule has 0 amide bonds. The lowest BCUT2D eigenvalue weighted by molar-refractivity contribution is -0.154. The van der Waals surface area contributed by atoms with Crippen molar-refractivity contribution in [2.24, 2.45) is 5.41 Å². The molecule has 29 heavy (non-hydrogen) atoms. The van der Waals surface area contributed by atoms with Crippen LogP contribution in [0.1, 0.15) is 48.5 Å². The maximum Gasteiger partial charge on any atom is 0.469 e. The van der Waals surface area contributed by atoms with Crippen LogP contribution >= 0.6 is 0 Å². The monoisotopic (exact) mass is 484 g/mol. The molecular weight excluding hydrogens is 433 g/mol. The Kier molecular flexibility index (Phi) is 14.4. The minimum atomic E-state index is -2.83. The van der Waals surface area contributed by atoms with Crippen molar-refractivity contribution in [2.75, 3.05) is 6.61 Å². The summed E-state index contributed by atoms with van der Waals surface area (Å²) in [4.78, 5) is 12.2. The fraction of sp³-hybridized carbons (Fsp3) is 0.950. The first-order valence-corrected chi connectivity index (χ1v) is 22.2. The Morgan fingerprint density at radius 1 is 0.759 bits per heavy atom. The zero-order valence-corrected chi connectivity index (χ0v) is 23.9. The van der Waals surface area contributed by atoms with Gasteiger partial charge in [0.15, 0.2) is 25.0 Å². The molecule has 0 unspecified atom stereocenters. The fourth-order valence-corrected chi connectivity index (χ4v) is 17.0. The highest BCUT2D eigenvalue weighted by molar-refractivity contribution is 6.90. The molecular formula is C20H52O5Si4. The van der Waals surface area contributed by atoms with E-state index in [2.05, 4.69) is 58.9 Å². The summed E-state index contributed by atoms with van der Waals surface area (Å²) in [6.45, 7) is 25.9. The third kappa shape index (κ3) is 15.6. The van der Waals surface area contributed by atoms with Crippen LogP contribution in [0.5, 0.6) is 0 Å². The van der Waals surface area contributed by atoms with Crippen LogP contribution in [0.3, 0.4) is 0 Å². The van der Waals surface area contributed by atoms with E-state index >= 15 is 0 Å². The third-order valence-corrected chi connectivity index (χ3v) is 15.7. The molecule has 0 spiro atoms. The van der Waals surface area contributed by atoms with E-state index in [0.29, 0.717) is 19.1 Å². The lowest BCUT2D eigenvalue weighted by atomic mass is 9.91. The zero-order chi connectivity index (χ0) is 21.7. The van der Waals surface area contributed by atoms with Crippen LogP contribution in [-0.4, -0.2) is 46.3 Å². The average molecular weight is 485 g/mol. The van der Waals surface area contributed by atoms with Gasteiger partial charge in [-0.15, -0.1) is 0 Å². The minimum absolute atomic E-state index is 0. The number of hydrogen-bond acceptors (Lipinski definition) is 5. The maximum atomic E-state index is 12.2. The molecule has 0 aliphatic heterocycles. The highest BCUT2D eigenvalue weighted by Gasteiger charge is 2.49. The number of esters is 1. The second-order valence-electron chi connectivity index (χ2n) is 10.8. The van der Waals surface area contributed by atoms with Gasteiger partial charge in [0.05, 0.1) is 12.0 Å². The number of ether oxygens (including phenoxy) is 1. The van der Waals surface area contributed by atoms with E-state index in [1.165, 1.54) is 0 Å². The Labute approximate surface area is 187 Å². The third-order valence-electron chi connectivity index (χ3n) is 3.68. The largest absolute Gasteiger partial charge is 0.469 e. The van der Waals surface area contributed by atoms with Gasteiger partial charge in [-0.3, -0.25) is 4.79 Å². The van der Waals surface area contributed by atoms with Crippen molar-refractivity contribution < 1.29 is 21.9 Å². The summed E-state index contributed by atoms with van der Waals surface area (Å²) in [6.07, 6.45) is 1.47. The summed E-state index contributed by atoms with van der Waals surface area (Å²) >= 11 is 0. The molecule has 0 saturated carbocycles. The molecule has 0 saturated heterocycles. The average Bonchev–Trinajstić information content (AvgIpc) is 2.37. The lowest BCUT2D eigenvalue weighted by Gasteiger charge is -2.42. The first-order valence-electron chi connectivity index (χ1n) is 10.1. The minimum Gasteiger partial charge on any atom is -0.465 e. The molecule has 0 rings (SSSR count). The summed E-state index contributed by atoms with van der Waals surface area (Å²) in [6, 6.07) is 0.700. The van der Waals surface area contributed by atoms with Gasteiger partial charge in [0.25, 0.3) is 0 Å². The van der Waals surface area contributed by atoms with E-state index in [1.807, 2.05) is 20.8 Å². The van der Waals surface area contributed by atoms with Gasteiger partial charge in [-0.1, -0.05) is 21.8 Å². The molecule has 0 atom stereocenters. The van der Waals surface area contributed by atoms with E-state index in [0.717, 1.165) is 6.42 Å². The zero-order valence-electron chi connectivity index (χ0n) is 19.9. The van der Waals surface area contributed by atoms with Crippen molar-refractivity contribution in [2.45, 2.75) is 113 Å². The van der Waals surface area contributed by atoms with E-state index in [4.69, 9.17) is 17.1 Å². The molecule has 0 N–H and O–H groups in total. The molecule has 0 aromatic carbocycles. The summed E-state index contributed by atoms with van der Waals surface area (Å²) in [5, 5.41) is 0. The molecule has 5 nitrogen and oxygen atoms in total. The predicted octanol–water partition coefficient (Wildman–Crippen LogP) is 7.12. The first kappa shape index (κ1) is 33.8. The summed E-state index contributed by atoms with van der Waals surface area (Å²) in [5.41, 5.74) is -0.438. The van der Waals surface area contributed by atoms with Crippen molar-refractivity contribution in [3.8, 4) is 0 Å². The molecule has 0 aromatic rings. The van der Waals surface area contributed by atoms with Crippen molar-refractivity contribution in [1.29, 1.82) is 0 Å². The lowest BCUT2D eigenvalue weighted by Crippen LogP contribution is -2.60. The standard InChI is InChI=1S/C18H44O5Si4.2CH4/c1-13-18(2,3)17(19)20-15-14-16-27(21-24(4,5)6,22-25(7,8)9)23-26(10,11)12;;/h13-16H2,1-12H3;2*1H4. The van der Waals surface area contributed by atoms with Crippen LogP contribution in [-0.2, 0) is 21.9 Å². The molecule has 0 aliphatic rings. The number of hydrogen-bond donors (Lipinski definition) is 0. The van der Waals surface area contributed by atoms with Gasteiger partial charge in [0, 0.05) is 6.04 Å². The van der Waals surface area contributed by atoms with Crippen LogP contribution in [0, 0.1) is 5.41 Å². The van der Waals surface area contributed by atoms with E-state index < -0.39 is 39.2 Å². The normalized spacial score (nSPS) is 13.4. The van der Waals surface area contributed by atoms with Gasteiger partial charge in [0.2, 0.25) is 0 Å². The van der Waals surface area contributed by atoms with E-state index in [1.54, 1.807) is 0 Å². The molecule has 0 aliphatic carbocycles. The van der Waals surface area contributed by atoms with Crippen LogP contribution in [0.2, 0.25) is 65.0 Å². The van der Waals surface area contributed by atoms with Crippen molar-refractivity contribution in [1.82, 2.24) is 0 Å². The number of carbonyl (C=O) groups excluding carboxylic acids is 1. The Hall–Kier alpha value is 0.218. The SMILES string of the molecule is C.C.CCC(C)(C)C(=O)OCCC[Si](O[Si](C)(C)C)(O[Si](C)(C)C)O[Si](C)(C)C. The van der Waals surface area contributed by atoms with E-state index in [9.17, 15) is 4.79 Å². The number of rotatable bonds is 12. The Morgan fingerprint density at radius 3 is 1.38 bits per heavy atom. The van der Waals surface area contributed by atoms with Crippen molar-refractivity contribution in [3.05, 3.63) is 0 Å². The highest BCUT2D eigenvalue weighted by Crippen LogP contribution is 2.30. The smallest absolute Gasteiger partial charge is 0.465 e. The maximum absolute atomic E-state index is 12.2. The predicted molar refractivity (Wildman–Crippen MR) is 137 cm³/mol. The second-order valence-corrected chi connectivity index (χ2v) is 27.8. The molecule has 9 heteroatoms. The molecule has 0 heterocycles. The topological polar surface area (TPSA) is 54.0 Å². The first-order chi connectivity index (χ1) is 11.8. The highest BCUT2D eigenvalue weighted by atomic mass is 28.5. The summed E-state index contributed by atoms with van der Waals surface area (Å²) in [7, 11) is -8.42. The summed E-state index contributed by atoms with van der Waals surface area (Å²) in [5.74, 6) is -0.138.